The van der Waals surface area contributed by atoms with Gasteiger partial charge in [-0.05, 0) is 99.2 Å². The second-order valence-electron chi connectivity index (χ2n) is 15.6. The minimum absolute atomic E-state index is 0.0794. The lowest BCUT2D eigenvalue weighted by molar-refractivity contribution is -0.139. The zero-order valence-electron chi connectivity index (χ0n) is 32.6. The van der Waals surface area contributed by atoms with Crippen LogP contribution < -0.4 is 10.5 Å². The maximum Gasteiger partial charge on any atom is 0.410 e. The molecule has 12 heteroatoms. The molecule has 12 nitrogen and oxygen atoms in total. The number of hydrogen-bond donors (Lipinski definition) is 2. The molecule has 1 saturated heterocycles. The molecule has 2 heterocycles. The number of nitrogens with two attached hydrogens (primary N) is 1. The van der Waals surface area contributed by atoms with Gasteiger partial charge in [0.05, 0.1) is 12.5 Å². The summed E-state index contributed by atoms with van der Waals surface area (Å²) >= 11 is 0. The minimum atomic E-state index is -0.637. The van der Waals surface area contributed by atoms with Crippen LogP contribution in [-0.4, -0.2) is 77.3 Å². The Hall–Kier alpha value is -5.23. The van der Waals surface area contributed by atoms with E-state index in [2.05, 4.69) is 74.5 Å². The number of amides is 2. The number of nitrogens with one attached hydrogen (secondary N) is 1. The Morgan fingerprint density at radius 1 is 0.964 bits per heavy atom. The molecule has 3 N–H and O–H groups in total. The predicted octanol–water partition coefficient (Wildman–Crippen LogP) is 8.34. The molecule has 292 valence electrons. The van der Waals surface area contributed by atoms with E-state index in [0.29, 0.717) is 57.9 Å². The highest BCUT2D eigenvalue weighted by atomic mass is 16.6. The molecule has 2 aliphatic rings. The second kappa shape index (κ2) is 17.9. The number of amidine groups is 1. The molecule has 1 saturated carbocycles. The molecule has 2 atom stereocenters. The Balaban J connectivity index is 1.24. The maximum atomic E-state index is 15.0. The van der Waals surface area contributed by atoms with Crippen LogP contribution in [0.4, 0.5) is 4.79 Å². The quantitative estimate of drug-likeness (QED) is 0.0387. The number of hydrogen-bond acceptors (Lipinski definition) is 7. The summed E-state index contributed by atoms with van der Waals surface area (Å²) in [5, 5.41) is 7.66. The van der Waals surface area contributed by atoms with Crippen molar-refractivity contribution in [3.8, 4) is 16.9 Å². The van der Waals surface area contributed by atoms with Crippen molar-refractivity contribution in [2.45, 2.75) is 89.9 Å². The monoisotopic (exact) mass is 749 g/mol. The van der Waals surface area contributed by atoms with E-state index in [1.807, 2.05) is 45.0 Å². The van der Waals surface area contributed by atoms with Gasteiger partial charge in [-0.2, -0.15) is 5.53 Å². The Morgan fingerprint density at radius 2 is 1.75 bits per heavy atom. The highest BCUT2D eigenvalue weighted by Gasteiger charge is 2.43. The van der Waals surface area contributed by atoms with Crippen LogP contribution in [0.25, 0.3) is 22.0 Å². The van der Waals surface area contributed by atoms with Crippen molar-refractivity contribution >= 4 is 28.7 Å². The SMILES string of the molecule is COCCCn1cc(CN(C(=O)[C@H]2CN(C(=O)OC(C)(C)C)CC[C@@H]2c2cccc(-c3ccc(OCCCC(N)=NN=N)cc3)c2)C2CC2)c2ccccc21. The summed E-state index contributed by atoms with van der Waals surface area (Å²) in [7, 11) is 1.73. The largest absolute Gasteiger partial charge is 0.494 e. The molecule has 55 heavy (non-hydrogen) atoms. The Kier molecular flexibility index (Phi) is 12.9. The number of likely N-dealkylation sites (tertiary alicyclic amines) is 1. The number of para-hydroxylation sites is 1. The van der Waals surface area contributed by atoms with Gasteiger partial charge in [0.1, 0.15) is 17.2 Å². The van der Waals surface area contributed by atoms with E-state index < -0.39 is 11.5 Å². The van der Waals surface area contributed by atoms with Crippen LogP contribution in [0.3, 0.4) is 0 Å². The molecular weight excluding hydrogens is 695 g/mol. The van der Waals surface area contributed by atoms with Crippen LogP contribution in [0.15, 0.2) is 89.3 Å². The number of carbonyl (C=O) groups is 2. The van der Waals surface area contributed by atoms with Crippen molar-refractivity contribution in [2.75, 3.05) is 33.4 Å². The van der Waals surface area contributed by atoms with E-state index in [1.165, 1.54) is 0 Å². The number of piperidine rings is 1. The fourth-order valence-electron chi connectivity index (χ4n) is 7.53. The first kappa shape index (κ1) is 39.5. The van der Waals surface area contributed by atoms with Crippen LogP contribution >= 0.6 is 0 Å². The summed E-state index contributed by atoms with van der Waals surface area (Å²) < 4.78 is 19.3. The summed E-state index contributed by atoms with van der Waals surface area (Å²) in [6.45, 7) is 8.93. The number of aromatic nitrogens is 1. The van der Waals surface area contributed by atoms with Gasteiger partial charge in [-0.15, -0.1) is 5.10 Å². The number of benzene rings is 3. The number of methoxy groups -OCH3 is 1. The number of aryl methyl sites for hydroxylation is 1. The van der Waals surface area contributed by atoms with Gasteiger partial charge in [-0.3, -0.25) is 4.79 Å². The van der Waals surface area contributed by atoms with Gasteiger partial charge in [0, 0.05) is 69.5 Å². The van der Waals surface area contributed by atoms with E-state index in [9.17, 15) is 4.79 Å². The lowest BCUT2D eigenvalue weighted by Crippen LogP contribution is -2.51. The van der Waals surface area contributed by atoms with Crippen LogP contribution in [0, 0.1) is 11.4 Å². The molecule has 1 aliphatic carbocycles. The number of rotatable bonds is 16. The van der Waals surface area contributed by atoms with Crippen molar-refractivity contribution in [1.82, 2.24) is 14.4 Å². The van der Waals surface area contributed by atoms with E-state index in [1.54, 1.807) is 12.0 Å². The lowest BCUT2D eigenvalue weighted by Gasteiger charge is -2.40. The summed E-state index contributed by atoms with van der Waals surface area (Å²) in [6, 6.07) is 25.0. The molecule has 3 aromatic carbocycles. The van der Waals surface area contributed by atoms with Crippen molar-refractivity contribution in [2.24, 2.45) is 22.0 Å². The smallest absolute Gasteiger partial charge is 0.410 e. The standard InChI is InChI=1S/C43H55N7O5/c1-43(2,3)55-42(52)49-23-21-36(32-11-7-10-31(26-32)30-15-19-35(20-16-30)54-25-8-14-40(44)46-47-45)38(29-49)41(51)50(34-17-18-34)28-33-27-48(22-9-24-53-4)39-13-6-5-12-37(33)39/h5-7,10-13,15-16,19-20,26-27,34,36,38H,8-9,14,17-18,21-25,28-29H2,1-4H3,(H3,44,45,46)/t36-,38+/m1/s1. The summed E-state index contributed by atoms with van der Waals surface area (Å²) in [6.07, 6.45) is 6.50. The normalized spacial score (nSPS) is 17.6. The van der Waals surface area contributed by atoms with Crippen LogP contribution in [0.1, 0.15) is 76.3 Å². The topological polar surface area (TPSA) is 148 Å². The third-order valence-electron chi connectivity index (χ3n) is 10.3. The van der Waals surface area contributed by atoms with Gasteiger partial charge in [0.2, 0.25) is 5.91 Å². The lowest BCUT2D eigenvalue weighted by atomic mass is 9.79. The summed E-state index contributed by atoms with van der Waals surface area (Å²) in [4.78, 5) is 32.3. The third kappa shape index (κ3) is 10.3. The molecule has 4 aromatic rings. The molecular formula is C43H55N7O5. The number of fused-ring (bicyclic) bond motifs is 1. The fraction of sp³-hybridized carbons (Fsp3) is 0.465. The van der Waals surface area contributed by atoms with E-state index in [0.717, 1.165) is 64.7 Å². The van der Waals surface area contributed by atoms with Crippen molar-refractivity contribution in [3.05, 3.63) is 90.1 Å². The first-order valence-electron chi connectivity index (χ1n) is 19.4. The van der Waals surface area contributed by atoms with Crippen LogP contribution in [0.5, 0.6) is 5.75 Å². The zero-order chi connectivity index (χ0) is 39.0. The molecule has 2 amide bonds. The molecule has 0 bridgehead atoms. The Morgan fingerprint density at radius 3 is 2.47 bits per heavy atom. The first-order chi connectivity index (χ1) is 26.5. The van der Waals surface area contributed by atoms with Gasteiger partial charge in [-0.25, -0.2) is 4.79 Å². The van der Waals surface area contributed by atoms with Crippen LogP contribution in [-0.2, 0) is 27.4 Å². The Labute approximate surface area is 324 Å². The summed E-state index contributed by atoms with van der Waals surface area (Å²) in [5.41, 5.74) is 17.3. The highest BCUT2D eigenvalue weighted by molar-refractivity contribution is 5.86. The number of nitrogens with zero attached hydrogens (tertiary/aromatic N) is 5. The molecule has 0 radical (unpaired) electrons. The predicted molar refractivity (Wildman–Crippen MR) is 214 cm³/mol. The van der Waals surface area contributed by atoms with Crippen molar-refractivity contribution in [3.63, 3.8) is 0 Å². The van der Waals surface area contributed by atoms with Crippen LogP contribution in [0.2, 0.25) is 0 Å². The van der Waals surface area contributed by atoms with Gasteiger partial charge in [-0.1, -0.05) is 59.8 Å². The minimum Gasteiger partial charge on any atom is -0.494 e. The molecule has 2 fully saturated rings. The third-order valence-corrected chi connectivity index (χ3v) is 10.3. The molecule has 1 aliphatic heterocycles. The van der Waals surface area contributed by atoms with E-state index in [-0.39, 0.29) is 24.0 Å². The molecule has 0 spiro atoms. The summed E-state index contributed by atoms with van der Waals surface area (Å²) in [5.74, 6) is 0.636. The fourth-order valence-corrected chi connectivity index (χ4v) is 7.53. The maximum absolute atomic E-state index is 15.0. The average molecular weight is 750 g/mol. The van der Waals surface area contributed by atoms with E-state index in [4.69, 9.17) is 25.5 Å². The highest BCUT2D eigenvalue weighted by Crippen LogP contribution is 2.40. The molecule has 0 unspecified atom stereocenters. The average Bonchev–Trinajstić information content (AvgIpc) is 3.97. The van der Waals surface area contributed by atoms with Crippen molar-refractivity contribution < 1.29 is 23.8 Å². The second-order valence-corrected chi connectivity index (χ2v) is 15.6. The molecule has 1 aromatic heterocycles. The van der Waals surface area contributed by atoms with Gasteiger partial charge < -0.3 is 34.3 Å². The van der Waals surface area contributed by atoms with Gasteiger partial charge in [0.15, 0.2) is 0 Å². The first-order valence-corrected chi connectivity index (χ1v) is 19.4. The number of carbonyl (C=O) groups excluding carboxylic acids is 2. The molecule has 6 rings (SSSR count). The number of ether oxygens (including phenoxy) is 3. The van der Waals surface area contributed by atoms with Gasteiger partial charge in [0.25, 0.3) is 0 Å². The zero-order valence-corrected chi connectivity index (χ0v) is 32.6. The Bertz CT molecular complexity index is 1960. The van der Waals surface area contributed by atoms with Crippen molar-refractivity contribution in [1.29, 1.82) is 5.53 Å². The van der Waals surface area contributed by atoms with E-state index >= 15 is 4.79 Å². The van der Waals surface area contributed by atoms with Gasteiger partial charge >= 0.3 is 6.09 Å².